The average Bonchev–Trinajstić information content (AvgIpc) is 2.72. The number of benzene rings is 1. The van der Waals surface area contributed by atoms with Gasteiger partial charge in [0.25, 0.3) is 0 Å². The van der Waals surface area contributed by atoms with Crippen LogP contribution in [0.15, 0.2) is 44.2 Å². The van der Waals surface area contributed by atoms with E-state index in [0.717, 1.165) is 5.76 Å². The number of para-hydroxylation sites is 1. The molecule has 0 amide bonds. The van der Waals surface area contributed by atoms with Crippen molar-refractivity contribution in [3.63, 3.8) is 0 Å². The van der Waals surface area contributed by atoms with Crippen LogP contribution < -0.4 is 5.43 Å². The molecule has 0 spiro atoms. The first-order valence-electron chi connectivity index (χ1n) is 5.23. The lowest BCUT2D eigenvalue weighted by Gasteiger charge is -1.97. The van der Waals surface area contributed by atoms with Crippen molar-refractivity contribution >= 4 is 21.9 Å². The SMILES string of the molecule is CCc1occ2c(=O)c3ccccc3oc12. The zero-order valence-electron chi connectivity index (χ0n) is 8.82. The molecule has 2 heterocycles. The molecule has 0 radical (unpaired) electrons. The monoisotopic (exact) mass is 214 g/mol. The summed E-state index contributed by atoms with van der Waals surface area (Å²) < 4.78 is 11.0. The van der Waals surface area contributed by atoms with Gasteiger partial charge < -0.3 is 8.83 Å². The number of fused-ring (bicyclic) bond motifs is 2. The van der Waals surface area contributed by atoms with Crippen molar-refractivity contribution in [1.29, 1.82) is 0 Å². The number of hydrogen-bond donors (Lipinski definition) is 0. The van der Waals surface area contributed by atoms with E-state index >= 15 is 0 Å². The third-order valence-electron chi connectivity index (χ3n) is 2.73. The maximum atomic E-state index is 12.1. The van der Waals surface area contributed by atoms with E-state index in [9.17, 15) is 4.79 Å². The lowest BCUT2D eigenvalue weighted by Crippen LogP contribution is -2.00. The van der Waals surface area contributed by atoms with E-state index in [1.165, 1.54) is 6.26 Å². The normalized spacial score (nSPS) is 11.3. The third-order valence-corrected chi connectivity index (χ3v) is 2.73. The fourth-order valence-electron chi connectivity index (χ4n) is 1.90. The third kappa shape index (κ3) is 1.11. The average molecular weight is 214 g/mol. The predicted molar refractivity (Wildman–Crippen MR) is 61.6 cm³/mol. The van der Waals surface area contributed by atoms with Crippen LogP contribution in [0.25, 0.3) is 21.9 Å². The summed E-state index contributed by atoms with van der Waals surface area (Å²) in [5, 5.41) is 1.12. The molecule has 3 aromatic rings. The molecular weight excluding hydrogens is 204 g/mol. The second-order valence-corrected chi connectivity index (χ2v) is 3.68. The zero-order valence-corrected chi connectivity index (χ0v) is 8.82. The fraction of sp³-hybridized carbons (Fsp3) is 0.154. The highest BCUT2D eigenvalue weighted by atomic mass is 16.4. The summed E-state index contributed by atoms with van der Waals surface area (Å²) in [4.78, 5) is 12.1. The van der Waals surface area contributed by atoms with Gasteiger partial charge in [-0.15, -0.1) is 0 Å². The summed E-state index contributed by atoms with van der Waals surface area (Å²) in [7, 11) is 0. The Morgan fingerprint density at radius 2 is 2.00 bits per heavy atom. The van der Waals surface area contributed by atoms with E-state index in [-0.39, 0.29) is 5.43 Å². The number of furan rings is 1. The Bertz CT molecular complexity index is 719. The topological polar surface area (TPSA) is 43.4 Å². The first-order valence-corrected chi connectivity index (χ1v) is 5.23. The molecule has 3 heteroatoms. The Labute approximate surface area is 91.3 Å². The molecule has 3 rings (SSSR count). The maximum Gasteiger partial charge on any atom is 0.203 e. The molecule has 0 aliphatic carbocycles. The molecule has 0 bridgehead atoms. The van der Waals surface area contributed by atoms with Crippen molar-refractivity contribution in [2.45, 2.75) is 13.3 Å². The lowest BCUT2D eigenvalue weighted by molar-refractivity contribution is 0.509. The van der Waals surface area contributed by atoms with Crippen LogP contribution in [0.4, 0.5) is 0 Å². The number of rotatable bonds is 1. The van der Waals surface area contributed by atoms with Gasteiger partial charge in [0.15, 0.2) is 5.58 Å². The Morgan fingerprint density at radius 3 is 2.81 bits per heavy atom. The second-order valence-electron chi connectivity index (χ2n) is 3.68. The molecule has 0 atom stereocenters. The number of hydrogen-bond acceptors (Lipinski definition) is 3. The van der Waals surface area contributed by atoms with Gasteiger partial charge >= 0.3 is 0 Å². The minimum Gasteiger partial charge on any atom is -0.465 e. The minimum absolute atomic E-state index is 0.0275. The van der Waals surface area contributed by atoms with Crippen LogP contribution in [-0.4, -0.2) is 0 Å². The Hall–Kier alpha value is -2.03. The molecule has 2 aromatic heterocycles. The predicted octanol–water partition coefficient (Wildman–Crippen LogP) is 3.10. The minimum atomic E-state index is -0.0275. The Morgan fingerprint density at radius 1 is 1.19 bits per heavy atom. The fourth-order valence-corrected chi connectivity index (χ4v) is 1.90. The highest BCUT2D eigenvalue weighted by molar-refractivity contribution is 5.90. The van der Waals surface area contributed by atoms with Gasteiger partial charge in [-0.1, -0.05) is 19.1 Å². The van der Waals surface area contributed by atoms with E-state index in [0.29, 0.717) is 28.4 Å². The second kappa shape index (κ2) is 3.23. The van der Waals surface area contributed by atoms with Crippen molar-refractivity contribution in [1.82, 2.24) is 0 Å². The molecular formula is C13H10O3. The molecule has 0 aliphatic heterocycles. The van der Waals surface area contributed by atoms with Gasteiger partial charge in [-0.25, -0.2) is 0 Å². The smallest absolute Gasteiger partial charge is 0.203 e. The van der Waals surface area contributed by atoms with E-state index in [2.05, 4.69) is 0 Å². The first kappa shape index (κ1) is 9.21. The summed E-state index contributed by atoms with van der Waals surface area (Å²) in [5.41, 5.74) is 1.16. The zero-order chi connectivity index (χ0) is 11.1. The molecule has 80 valence electrons. The van der Waals surface area contributed by atoms with Crippen LogP contribution in [-0.2, 0) is 6.42 Å². The maximum absolute atomic E-state index is 12.1. The lowest BCUT2D eigenvalue weighted by atomic mass is 10.2. The van der Waals surface area contributed by atoms with Crippen LogP contribution in [0.5, 0.6) is 0 Å². The molecule has 0 aliphatic rings. The first-order chi connectivity index (χ1) is 7.81. The highest BCUT2D eigenvalue weighted by Crippen LogP contribution is 2.23. The summed E-state index contributed by atoms with van der Waals surface area (Å²) in [6, 6.07) is 7.23. The quantitative estimate of drug-likeness (QED) is 0.625. The van der Waals surface area contributed by atoms with Gasteiger partial charge in [-0.3, -0.25) is 4.79 Å². The summed E-state index contributed by atoms with van der Waals surface area (Å²) in [6.45, 7) is 1.97. The molecule has 0 N–H and O–H groups in total. The van der Waals surface area contributed by atoms with Gasteiger partial charge in [0.1, 0.15) is 23.0 Å². The van der Waals surface area contributed by atoms with E-state index in [1.54, 1.807) is 12.1 Å². The van der Waals surface area contributed by atoms with Gasteiger partial charge in [-0.05, 0) is 12.1 Å². The van der Waals surface area contributed by atoms with Gasteiger partial charge in [0, 0.05) is 6.42 Å². The van der Waals surface area contributed by atoms with Crippen LogP contribution in [0.2, 0.25) is 0 Å². The molecule has 0 saturated heterocycles. The van der Waals surface area contributed by atoms with E-state index < -0.39 is 0 Å². The Kier molecular flexibility index (Phi) is 1.86. The van der Waals surface area contributed by atoms with Crippen molar-refractivity contribution in [2.75, 3.05) is 0 Å². The van der Waals surface area contributed by atoms with Crippen LogP contribution in [0, 0.1) is 0 Å². The van der Waals surface area contributed by atoms with Crippen molar-refractivity contribution in [3.05, 3.63) is 46.5 Å². The standard InChI is InChI=1S/C13H10O3/c1-2-10-13-9(7-15-10)12(14)8-5-3-4-6-11(8)16-13/h3-7H,2H2,1H3. The van der Waals surface area contributed by atoms with E-state index in [1.807, 2.05) is 19.1 Å². The molecule has 3 nitrogen and oxygen atoms in total. The summed E-state index contributed by atoms with van der Waals surface area (Å²) in [5.74, 6) is 0.720. The number of aryl methyl sites for hydroxylation is 1. The highest BCUT2D eigenvalue weighted by Gasteiger charge is 2.12. The molecule has 0 saturated carbocycles. The van der Waals surface area contributed by atoms with Crippen molar-refractivity contribution < 1.29 is 8.83 Å². The molecule has 1 aromatic carbocycles. The molecule has 16 heavy (non-hydrogen) atoms. The summed E-state index contributed by atoms with van der Waals surface area (Å²) in [6.07, 6.45) is 2.19. The van der Waals surface area contributed by atoms with Crippen molar-refractivity contribution in [3.8, 4) is 0 Å². The van der Waals surface area contributed by atoms with Crippen LogP contribution in [0.1, 0.15) is 12.7 Å². The Balaban J connectivity index is 2.58. The van der Waals surface area contributed by atoms with Crippen molar-refractivity contribution in [2.24, 2.45) is 0 Å². The van der Waals surface area contributed by atoms with Gasteiger partial charge in [0.2, 0.25) is 5.43 Å². The summed E-state index contributed by atoms with van der Waals surface area (Å²) >= 11 is 0. The van der Waals surface area contributed by atoms with Gasteiger partial charge in [-0.2, -0.15) is 0 Å². The van der Waals surface area contributed by atoms with Gasteiger partial charge in [0.05, 0.1) is 5.39 Å². The van der Waals surface area contributed by atoms with Crippen LogP contribution >= 0.6 is 0 Å². The largest absolute Gasteiger partial charge is 0.465 e. The molecule has 0 unspecified atom stereocenters. The van der Waals surface area contributed by atoms with E-state index in [4.69, 9.17) is 8.83 Å². The van der Waals surface area contributed by atoms with Crippen LogP contribution in [0.3, 0.4) is 0 Å². The molecule has 0 fully saturated rings.